The summed E-state index contributed by atoms with van der Waals surface area (Å²) >= 11 is 0. The Labute approximate surface area is 66.6 Å². The first-order valence-electron chi connectivity index (χ1n) is 3.97. The molecule has 0 spiro atoms. The molecular formula is C8H13FN2. The summed E-state index contributed by atoms with van der Waals surface area (Å²) in [6, 6.07) is 2.03. The van der Waals surface area contributed by atoms with Gasteiger partial charge in [-0.3, -0.25) is 4.90 Å². The van der Waals surface area contributed by atoms with E-state index in [1.54, 1.807) is 0 Å². The zero-order valence-corrected chi connectivity index (χ0v) is 6.76. The highest BCUT2D eigenvalue weighted by Crippen LogP contribution is 2.18. The summed E-state index contributed by atoms with van der Waals surface area (Å²) < 4.78 is 13.0. The van der Waals surface area contributed by atoms with Crippen LogP contribution in [0.5, 0.6) is 0 Å². The van der Waals surface area contributed by atoms with Crippen LogP contribution < -0.4 is 0 Å². The molecule has 0 N–H and O–H groups in total. The monoisotopic (exact) mass is 156 g/mol. The van der Waals surface area contributed by atoms with Gasteiger partial charge >= 0.3 is 0 Å². The van der Waals surface area contributed by atoms with Crippen molar-refractivity contribution in [3.8, 4) is 6.07 Å². The van der Waals surface area contributed by atoms with Gasteiger partial charge in [0, 0.05) is 6.54 Å². The number of nitrogens with zero attached hydrogens (tertiary/aromatic N) is 2. The summed E-state index contributed by atoms with van der Waals surface area (Å²) in [5, 5.41) is 8.36. The highest BCUT2D eigenvalue weighted by molar-refractivity contribution is 4.83. The Balaban J connectivity index is 2.35. The largest absolute Gasteiger partial charge is 0.288 e. The van der Waals surface area contributed by atoms with E-state index in [1.165, 1.54) is 0 Å². The molecule has 0 aromatic heterocycles. The predicted molar refractivity (Wildman–Crippen MR) is 40.7 cm³/mol. The standard InChI is InChI=1S/C8H13FN2/c1-7-2-4-11(5-3-10)6-8(7)9/h7-8H,2,4-6H2,1H3. The molecule has 1 heterocycles. The van der Waals surface area contributed by atoms with Gasteiger partial charge in [0.2, 0.25) is 0 Å². The van der Waals surface area contributed by atoms with Gasteiger partial charge in [0.15, 0.2) is 0 Å². The maximum atomic E-state index is 13.0. The minimum atomic E-state index is -0.739. The van der Waals surface area contributed by atoms with Crippen LogP contribution in [0, 0.1) is 17.2 Å². The number of hydrogen-bond acceptors (Lipinski definition) is 2. The smallest absolute Gasteiger partial charge is 0.115 e. The molecule has 3 heteroatoms. The molecule has 11 heavy (non-hydrogen) atoms. The van der Waals surface area contributed by atoms with Gasteiger partial charge in [-0.2, -0.15) is 5.26 Å². The van der Waals surface area contributed by atoms with Crippen LogP contribution in [0.2, 0.25) is 0 Å². The minimum absolute atomic E-state index is 0.171. The Hall–Kier alpha value is -0.620. The average molecular weight is 156 g/mol. The van der Waals surface area contributed by atoms with Crippen molar-refractivity contribution in [3.63, 3.8) is 0 Å². The molecule has 1 fully saturated rings. The van der Waals surface area contributed by atoms with Crippen LogP contribution in [0.1, 0.15) is 13.3 Å². The fourth-order valence-electron chi connectivity index (χ4n) is 1.33. The fourth-order valence-corrected chi connectivity index (χ4v) is 1.33. The number of piperidine rings is 1. The Kier molecular flexibility index (Phi) is 2.84. The van der Waals surface area contributed by atoms with E-state index < -0.39 is 6.17 Å². The van der Waals surface area contributed by atoms with Crippen LogP contribution in [0.4, 0.5) is 4.39 Å². The summed E-state index contributed by atoms with van der Waals surface area (Å²) in [4.78, 5) is 1.87. The number of likely N-dealkylation sites (tertiary alicyclic amines) is 1. The lowest BCUT2D eigenvalue weighted by atomic mass is 9.97. The lowest BCUT2D eigenvalue weighted by Crippen LogP contribution is -2.40. The van der Waals surface area contributed by atoms with E-state index >= 15 is 0 Å². The third-order valence-corrected chi connectivity index (χ3v) is 2.25. The van der Waals surface area contributed by atoms with Crippen LogP contribution in [0.15, 0.2) is 0 Å². The number of rotatable bonds is 1. The van der Waals surface area contributed by atoms with E-state index in [1.807, 2.05) is 17.9 Å². The molecule has 0 amide bonds. The van der Waals surface area contributed by atoms with E-state index in [-0.39, 0.29) is 5.92 Å². The first-order chi connectivity index (χ1) is 5.24. The number of nitriles is 1. The zero-order valence-electron chi connectivity index (χ0n) is 6.76. The molecule has 1 aliphatic rings. The van der Waals surface area contributed by atoms with E-state index in [4.69, 9.17) is 5.26 Å². The summed E-state index contributed by atoms with van der Waals surface area (Å²) in [6.07, 6.45) is 0.139. The second kappa shape index (κ2) is 3.68. The van der Waals surface area contributed by atoms with E-state index in [2.05, 4.69) is 0 Å². The molecule has 1 rings (SSSR count). The van der Waals surface area contributed by atoms with Gasteiger partial charge in [-0.05, 0) is 18.9 Å². The van der Waals surface area contributed by atoms with E-state index in [0.29, 0.717) is 13.1 Å². The SMILES string of the molecule is CC1CCN(CC#N)CC1F. The molecule has 62 valence electrons. The molecule has 0 aromatic rings. The Morgan fingerprint density at radius 2 is 2.45 bits per heavy atom. The molecule has 2 nitrogen and oxygen atoms in total. The first-order valence-corrected chi connectivity index (χ1v) is 3.97. The summed E-state index contributed by atoms with van der Waals surface area (Å²) in [5.41, 5.74) is 0. The normalized spacial score (nSPS) is 33.2. The van der Waals surface area contributed by atoms with Crippen molar-refractivity contribution in [2.45, 2.75) is 19.5 Å². The molecule has 0 radical (unpaired) electrons. The fraction of sp³-hybridized carbons (Fsp3) is 0.875. The average Bonchev–Trinajstić information content (AvgIpc) is 1.98. The van der Waals surface area contributed by atoms with Crippen molar-refractivity contribution < 1.29 is 4.39 Å². The van der Waals surface area contributed by atoms with Crippen molar-refractivity contribution in [1.29, 1.82) is 5.26 Å². The Morgan fingerprint density at radius 1 is 1.73 bits per heavy atom. The van der Waals surface area contributed by atoms with E-state index in [9.17, 15) is 4.39 Å². The Bertz CT molecular complexity index is 164. The van der Waals surface area contributed by atoms with Crippen molar-refractivity contribution >= 4 is 0 Å². The molecule has 2 unspecified atom stereocenters. The molecule has 0 aromatic carbocycles. The Morgan fingerprint density at radius 3 is 3.00 bits per heavy atom. The van der Waals surface area contributed by atoms with Crippen molar-refractivity contribution in [2.75, 3.05) is 19.6 Å². The number of alkyl halides is 1. The molecule has 0 saturated carbocycles. The van der Waals surface area contributed by atoms with Gasteiger partial charge in [0.05, 0.1) is 12.6 Å². The summed E-state index contributed by atoms with van der Waals surface area (Å²) in [5.74, 6) is 0.171. The topological polar surface area (TPSA) is 27.0 Å². The van der Waals surface area contributed by atoms with Gasteiger partial charge in [-0.15, -0.1) is 0 Å². The minimum Gasteiger partial charge on any atom is -0.288 e. The van der Waals surface area contributed by atoms with Crippen LogP contribution in [0.3, 0.4) is 0 Å². The van der Waals surface area contributed by atoms with Gasteiger partial charge < -0.3 is 0 Å². The second-order valence-corrected chi connectivity index (χ2v) is 3.18. The first kappa shape index (κ1) is 8.48. The van der Waals surface area contributed by atoms with Crippen LogP contribution in [0.25, 0.3) is 0 Å². The molecule has 0 aliphatic carbocycles. The highest BCUT2D eigenvalue weighted by Gasteiger charge is 2.24. The summed E-state index contributed by atoms with van der Waals surface area (Å²) in [6.45, 7) is 3.60. The van der Waals surface area contributed by atoms with Crippen molar-refractivity contribution in [2.24, 2.45) is 5.92 Å². The quantitative estimate of drug-likeness (QED) is 0.533. The highest BCUT2D eigenvalue weighted by atomic mass is 19.1. The van der Waals surface area contributed by atoms with Gasteiger partial charge in [0.1, 0.15) is 6.17 Å². The maximum Gasteiger partial charge on any atom is 0.115 e. The molecular weight excluding hydrogens is 143 g/mol. The van der Waals surface area contributed by atoms with Crippen LogP contribution >= 0.6 is 0 Å². The number of halogens is 1. The van der Waals surface area contributed by atoms with E-state index in [0.717, 1.165) is 13.0 Å². The molecule has 0 bridgehead atoms. The summed E-state index contributed by atoms with van der Waals surface area (Å²) in [7, 11) is 0. The van der Waals surface area contributed by atoms with Crippen LogP contribution in [-0.4, -0.2) is 30.7 Å². The van der Waals surface area contributed by atoms with Gasteiger partial charge in [-0.1, -0.05) is 6.92 Å². The predicted octanol–water partition coefficient (Wildman–Crippen LogP) is 1.19. The number of hydrogen-bond donors (Lipinski definition) is 0. The third kappa shape index (κ3) is 2.16. The molecule has 1 aliphatic heterocycles. The second-order valence-electron chi connectivity index (χ2n) is 3.18. The van der Waals surface area contributed by atoms with Gasteiger partial charge in [-0.25, -0.2) is 4.39 Å². The lowest BCUT2D eigenvalue weighted by molar-refractivity contribution is 0.103. The van der Waals surface area contributed by atoms with Crippen molar-refractivity contribution in [3.05, 3.63) is 0 Å². The molecule has 2 atom stereocenters. The van der Waals surface area contributed by atoms with Gasteiger partial charge in [0.25, 0.3) is 0 Å². The zero-order chi connectivity index (χ0) is 8.27. The maximum absolute atomic E-state index is 13.0. The van der Waals surface area contributed by atoms with Crippen LogP contribution in [-0.2, 0) is 0 Å². The lowest BCUT2D eigenvalue weighted by Gasteiger charge is -2.31. The third-order valence-electron chi connectivity index (χ3n) is 2.25. The van der Waals surface area contributed by atoms with Crippen molar-refractivity contribution in [1.82, 2.24) is 4.90 Å². The molecule has 1 saturated heterocycles.